The van der Waals surface area contributed by atoms with Gasteiger partial charge < -0.3 is 10.1 Å². The zero-order chi connectivity index (χ0) is 9.38. The first-order valence-corrected chi connectivity index (χ1v) is 5.19. The van der Waals surface area contributed by atoms with Crippen molar-refractivity contribution >= 4 is 0 Å². The molecule has 14 heavy (non-hydrogen) atoms. The first-order chi connectivity index (χ1) is 6.95. The van der Waals surface area contributed by atoms with Crippen LogP contribution >= 0.6 is 0 Å². The number of ether oxygens (including phenoxy) is 1. The molecule has 0 spiro atoms. The summed E-state index contributed by atoms with van der Waals surface area (Å²) in [6.45, 7) is 3.24. The summed E-state index contributed by atoms with van der Waals surface area (Å²) in [5.74, 6) is 3.44. The Morgan fingerprint density at radius 1 is 1.43 bits per heavy atom. The molecule has 1 aromatic heterocycles. The molecule has 0 amide bonds. The first kappa shape index (κ1) is 8.24. The van der Waals surface area contributed by atoms with Gasteiger partial charge in [-0.05, 0) is 37.1 Å². The fourth-order valence-electron chi connectivity index (χ4n) is 2.42. The Morgan fingerprint density at radius 3 is 3.00 bits per heavy atom. The predicted molar refractivity (Wildman–Crippen MR) is 53.1 cm³/mol. The Bertz CT molecular complexity index is 304. The molecular weight excluding hydrogens is 176 g/mol. The Kier molecular flexibility index (Phi) is 1.91. The first-order valence-electron chi connectivity index (χ1n) is 5.19. The van der Waals surface area contributed by atoms with E-state index < -0.39 is 0 Å². The predicted octanol–water partition coefficient (Wildman–Crippen LogP) is 0.926. The quantitative estimate of drug-likeness (QED) is 0.769. The zero-order valence-electron chi connectivity index (χ0n) is 8.02. The normalized spacial score (nSPS) is 33.9. The van der Waals surface area contributed by atoms with Crippen molar-refractivity contribution in [1.29, 1.82) is 0 Å². The molecule has 0 radical (unpaired) electrons. The Morgan fingerprint density at radius 2 is 2.29 bits per heavy atom. The maximum atomic E-state index is 5.68. The van der Waals surface area contributed by atoms with Gasteiger partial charge in [-0.3, -0.25) is 4.98 Å². The largest absolute Gasteiger partial charge is 0.492 e. The maximum absolute atomic E-state index is 5.68. The molecule has 1 N–H and O–H groups in total. The lowest BCUT2D eigenvalue weighted by molar-refractivity contribution is 0.279. The molecular formula is C11H14N2O. The molecule has 2 atom stereocenters. The number of fused-ring (bicyclic) bond motifs is 1. The summed E-state index contributed by atoms with van der Waals surface area (Å²) in [4.78, 5) is 4.02. The number of nitrogens with zero attached hydrogens (tertiary/aromatic N) is 1. The molecule has 1 aliphatic carbocycles. The molecule has 2 unspecified atom stereocenters. The fourth-order valence-corrected chi connectivity index (χ4v) is 2.42. The molecule has 3 nitrogen and oxygen atoms in total. The fraction of sp³-hybridized carbons (Fsp3) is 0.545. The number of hydrogen-bond donors (Lipinski definition) is 1. The summed E-state index contributed by atoms with van der Waals surface area (Å²) in [6, 6.07) is 3.87. The summed E-state index contributed by atoms with van der Waals surface area (Å²) in [5, 5.41) is 3.38. The monoisotopic (exact) mass is 190 g/mol. The maximum Gasteiger partial charge on any atom is 0.137 e. The number of hydrogen-bond acceptors (Lipinski definition) is 3. The lowest BCUT2D eigenvalue weighted by Gasteiger charge is -2.06. The third-order valence-corrected chi connectivity index (χ3v) is 3.35. The van der Waals surface area contributed by atoms with Crippen molar-refractivity contribution in [1.82, 2.24) is 10.3 Å². The molecule has 3 rings (SSSR count). The second-order valence-corrected chi connectivity index (χ2v) is 4.15. The smallest absolute Gasteiger partial charge is 0.137 e. The van der Waals surface area contributed by atoms with Crippen molar-refractivity contribution < 1.29 is 4.74 Å². The highest BCUT2D eigenvalue weighted by Crippen LogP contribution is 2.48. The van der Waals surface area contributed by atoms with Gasteiger partial charge in [-0.15, -0.1) is 0 Å². The van der Waals surface area contributed by atoms with E-state index in [1.807, 2.05) is 12.1 Å². The molecule has 2 fully saturated rings. The van der Waals surface area contributed by atoms with Crippen LogP contribution < -0.4 is 10.1 Å². The van der Waals surface area contributed by atoms with Crippen molar-refractivity contribution in [3.05, 3.63) is 24.5 Å². The van der Waals surface area contributed by atoms with Crippen molar-refractivity contribution in [3.8, 4) is 5.75 Å². The molecule has 0 aromatic carbocycles. The standard InChI is InChI=1S/C11H14N2O/c1-2-8(4-12-3-1)14-7-11-9-5-13-6-10(9)11/h1-4,9-11,13H,5-7H2. The summed E-state index contributed by atoms with van der Waals surface area (Å²) in [7, 11) is 0. The number of pyridine rings is 1. The van der Waals surface area contributed by atoms with Gasteiger partial charge >= 0.3 is 0 Å². The van der Waals surface area contributed by atoms with Crippen molar-refractivity contribution in [2.45, 2.75) is 0 Å². The molecule has 1 aromatic rings. The second-order valence-electron chi connectivity index (χ2n) is 4.15. The Hall–Kier alpha value is -1.09. The average Bonchev–Trinajstić information content (AvgIpc) is 2.69. The van der Waals surface area contributed by atoms with Gasteiger partial charge in [0.15, 0.2) is 0 Å². The van der Waals surface area contributed by atoms with E-state index in [0.717, 1.165) is 30.1 Å². The second kappa shape index (κ2) is 3.24. The third-order valence-electron chi connectivity index (χ3n) is 3.35. The third kappa shape index (κ3) is 1.38. The number of rotatable bonds is 3. The van der Waals surface area contributed by atoms with Crippen molar-refractivity contribution in [3.63, 3.8) is 0 Å². The van der Waals surface area contributed by atoms with Gasteiger partial charge in [-0.1, -0.05) is 0 Å². The van der Waals surface area contributed by atoms with Crippen LogP contribution in [0.15, 0.2) is 24.5 Å². The highest BCUT2D eigenvalue weighted by atomic mass is 16.5. The number of nitrogens with one attached hydrogen (secondary N) is 1. The van der Waals surface area contributed by atoms with Crippen molar-refractivity contribution in [2.24, 2.45) is 17.8 Å². The molecule has 1 aliphatic heterocycles. The van der Waals surface area contributed by atoms with Gasteiger partial charge in [0.25, 0.3) is 0 Å². The number of aromatic nitrogens is 1. The van der Waals surface area contributed by atoms with Gasteiger partial charge in [0, 0.05) is 12.1 Å². The molecule has 1 saturated carbocycles. The van der Waals surface area contributed by atoms with E-state index in [4.69, 9.17) is 4.74 Å². The minimum Gasteiger partial charge on any atom is -0.492 e. The molecule has 3 heteroatoms. The van der Waals surface area contributed by atoms with Crippen LogP contribution in [0.25, 0.3) is 0 Å². The summed E-state index contributed by atoms with van der Waals surface area (Å²) >= 11 is 0. The minimum absolute atomic E-state index is 0.788. The van der Waals surface area contributed by atoms with Crippen LogP contribution in [0.1, 0.15) is 0 Å². The molecule has 74 valence electrons. The highest BCUT2D eigenvalue weighted by Gasteiger charge is 2.52. The van der Waals surface area contributed by atoms with Gasteiger partial charge in [-0.25, -0.2) is 0 Å². The van der Waals surface area contributed by atoms with E-state index in [0.29, 0.717) is 0 Å². The van der Waals surface area contributed by atoms with Gasteiger partial charge in [-0.2, -0.15) is 0 Å². The zero-order valence-corrected chi connectivity index (χ0v) is 8.02. The number of piperidine rings is 1. The molecule has 1 saturated heterocycles. The van der Waals surface area contributed by atoms with Crippen LogP contribution in [0.4, 0.5) is 0 Å². The van der Waals surface area contributed by atoms with E-state index in [2.05, 4.69) is 10.3 Å². The molecule has 0 bridgehead atoms. The Labute approximate surface area is 83.5 Å². The lowest BCUT2D eigenvalue weighted by Crippen LogP contribution is -2.17. The summed E-state index contributed by atoms with van der Waals surface area (Å²) in [5.41, 5.74) is 0. The Balaban J connectivity index is 1.52. The SMILES string of the molecule is c1cncc(OCC2C3CNCC32)c1. The van der Waals surface area contributed by atoms with Gasteiger partial charge in [0.05, 0.1) is 12.8 Å². The van der Waals surface area contributed by atoms with E-state index in [1.54, 1.807) is 12.4 Å². The van der Waals surface area contributed by atoms with Crippen LogP contribution in [0.3, 0.4) is 0 Å². The summed E-state index contributed by atoms with van der Waals surface area (Å²) < 4.78 is 5.68. The minimum atomic E-state index is 0.788. The van der Waals surface area contributed by atoms with E-state index >= 15 is 0 Å². The highest BCUT2D eigenvalue weighted by molar-refractivity contribution is 5.16. The molecule has 2 aliphatic rings. The van der Waals surface area contributed by atoms with E-state index in [9.17, 15) is 0 Å². The lowest BCUT2D eigenvalue weighted by atomic mass is 10.3. The van der Waals surface area contributed by atoms with Crippen LogP contribution in [-0.4, -0.2) is 24.7 Å². The van der Waals surface area contributed by atoms with E-state index in [1.165, 1.54) is 13.1 Å². The van der Waals surface area contributed by atoms with E-state index in [-0.39, 0.29) is 0 Å². The van der Waals surface area contributed by atoms with Gasteiger partial charge in [0.2, 0.25) is 0 Å². The van der Waals surface area contributed by atoms with Gasteiger partial charge in [0.1, 0.15) is 5.75 Å². The van der Waals surface area contributed by atoms with Crippen LogP contribution in [-0.2, 0) is 0 Å². The van der Waals surface area contributed by atoms with Crippen LogP contribution in [0.2, 0.25) is 0 Å². The average molecular weight is 190 g/mol. The van der Waals surface area contributed by atoms with Crippen LogP contribution in [0.5, 0.6) is 5.75 Å². The van der Waals surface area contributed by atoms with Crippen molar-refractivity contribution in [2.75, 3.05) is 19.7 Å². The van der Waals surface area contributed by atoms with Crippen LogP contribution in [0, 0.1) is 17.8 Å². The summed E-state index contributed by atoms with van der Waals surface area (Å²) in [6.07, 6.45) is 3.54. The molecule has 2 heterocycles. The topological polar surface area (TPSA) is 34.1 Å².